The predicted molar refractivity (Wildman–Crippen MR) is 93.8 cm³/mol. The maximum absolute atomic E-state index is 12.7. The molecule has 2 aromatic heterocycles. The summed E-state index contributed by atoms with van der Waals surface area (Å²) in [5.74, 6) is -0.610. The Balaban J connectivity index is 1.39. The first-order valence-corrected chi connectivity index (χ1v) is 8.42. The Bertz CT molecular complexity index is 994. The number of piperazine rings is 1. The molecule has 0 atom stereocenters. The van der Waals surface area contributed by atoms with Gasteiger partial charge in [0.2, 0.25) is 5.91 Å². The second-order valence-corrected chi connectivity index (χ2v) is 6.27. The highest BCUT2D eigenvalue weighted by Crippen LogP contribution is 2.15. The third kappa shape index (κ3) is 3.13. The van der Waals surface area contributed by atoms with Gasteiger partial charge in [-0.2, -0.15) is 0 Å². The van der Waals surface area contributed by atoms with Crippen molar-refractivity contribution in [1.82, 2.24) is 19.8 Å². The van der Waals surface area contributed by atoms with Crippen molar-refractivity contribution in [2.45, 2.75) is 6.42 Å². The van der Waals surface area contributed by atoms with E-state index in [4.69, 9.17) is 4.42 Å². The van der Waals surface area contributed by atoms with Crippen molar-refractivity contribution >= 4 is 22.9 Å². The Morgan fingerprint density at radius 3 is 2.58 bits per heavy atom. The zero-order valence-electron chi connectivity index (χ0n) is 14.0. The number of nitrogens with one attached hydrogen (secondary N) is 2. The van der Waals surface area contributed by atoms with Crippen molar-refractivity contribution < 1.29 is 14.0 Å². The molecule has 3 heterocycles. The van der Waals surface area contributed by atoms with Gasteiger partial charge in [-0.25, -0.2) is 4.79 Å². The highest BCUT2D eigenvalue weighted by atomic mass is 16.4. The summed E-state index contributed by atoms with van der Waals surface area (Å²) in [5.41, 5.74) is 2.29. The summed E-state index contributed by atoms with van der Waals surface area (Å²) in [6.07, 6.45) is 2.13. The molecule has 2 N–H and O–H groups in total. The van der Waals surface area contributed by atoms with Crippen LogP contribution in [0, 0.1) is 0 Å². The summed E-state index contributed by atoms with van der Waals surface area (Å²) in [7, 11) is 0. The highest BCUT2D eigenvalue weighted by molar-refractivity contribution is 5.97. The molecule has 3 aromatic rings. The van der Waals surface area contributed by atoms with Crippen LogP contribution in [0.1, 0.15) is 16.1 Å². The molecular weight excluding hydrogens is 336 g/mol. The van der Waals surface area contributed by atoms with Crippen molar-refractivity contribution in [2.75, 3.05) is 26.2 Å². The first-order chi connectivity index (χ1) is 12.6. The van der Waals surface area contributed by atoms with Gasteiger partial charge in [-0.3, -0.25) is 14.6 Å². The summed E-state index contributed by atoms with van der Waals surface area (Å²) in [5, 5.41) is 0. The molecule has 4 rings (SSSR count). The third-order valence-corrected chi connectivity index (χ3v) is 4.59. The molecule has 1 saturated heterocycles. The summed E-state index contributed by atoms with van der Waals surface area (Å²) >= 11 is 0. The van der Waals surface area contributed by atoms with Crippen LogP contribution in [-0.4, -0.2) is 57.8 Å². The summed E-state index contributed by atoms with van der Waals surface area (Å²) < 4.78 is 4.95. The molecule has 0 saturated carbocycles. The first-order valence-electron chi connectivity index (χ1n) is 8.42. The smallest absolute Gasteiger partial charge is 0.408 e. The predicted octanol–water partition coefficient (Wildman–Crippen LogP) is 0.976. The minimum Gasteiger partial charge on any atom is -0.408 e. The lowest BCUT2D eigenvalue weighted by atomic mass is 10.1. The molecule has 2 amide bonds. The average Bonchev–Trinajstić information content (AvgIpc) is 3.28. The molecule has 0 unspecified atom stereocenters. The van der Waals surface area contributed by atoms with E-state index in [9.17, 15) is 14.4 Å². The van der Waals surface area contributed by atoms with E-state index in [1.165, 1.54) is 0 Å². The minimum atomic E-state index is -0.543. The third-order valence-electron chi connectivity index (χ3n) is 4.59. The molecule has 1 aliphatic heterocycles. The Kier molecular flexibility index (Phi) is 4.08. The SMILES string of the molecule is O=C(Cc1ccc[nH]1)N1CCN(C(=O)c2ccc3oc(=O)[nH]c3c2)CC1. The first kappa shape index (κ1) is 16.2. The second kappa shape index (κ2) is 6.55. The summed E-state index contributed by atoms with van der Waals surface area (Å²) in [4.78, 5) is 45.3. The number of H-pyrrole nitrogens is 2. The molecule has 1 aromatic carbocycles. The molecule has 8 nitrogen and oxygen atoms in total. The number of nitrogens with zero attached hydrogens (tertiary/aromatic N) is 2. The fourth-order valence-corrected chi connectivity index (χ4v) is 3.18. The van der Waals surface area contributed by atoms with E-state index < -0.39 is 5.76 Å². The summed E-state index contributed by atoms with van der Waals surface area (Å²) in [6.45, 7) is 1.98. The number of carbonyl (C=O) groups is 2. The van der Waals surface area contributed by atoms with Crippen molar-refractivity contribution in [3.8, 4) is 0 Å². The maximum atomic E-state index is 12.7. The van der Waals surface area contributed by atoms with Gasteiger partial charge in [0, 0.05) is 43.6 Å². The maximum Gasteiger partial charge on any atom is 0.417 e. The lowest BCUT2D eigenvalue weighted by molar-refractivity contribution is -0.132. The van der Waals surface area contributed by atoms with Crippen LogP contribution in [0.25, 0.3) is 11.1 Å². The van der Waals surface area contributed by atoms with Gasteiger partial charge >= 0.3 is 5.76 Å². The van der Waals surface area contributed by atoms with Crippen LogP contribution in [0.3, 0.4) is 0 Å². The molecule has 1 aliphatic rings. The molecule has 0 radical (unpaired) electrons. The van der Waals surface area contributed by atoms with Gasteiger partial charge in [0.1, 0.15) is 0 Å². The largest absolute Gasteiger partial charge is 0.417 e. The normalized spacial score (nSPS) is 14.8. The lowest BCUT2D eigenvalue weighted by Crippen LogP contribution is -2.51. The number of aromatic amines is 2. The number of hydrogen-bond acceptors (Lipinski definition) is 4. The fourth-order valence-electron chi connectivity index (χ4n) is 3.18. The highest BCUT2D eigenvalue weighted by Gasteiger charge is 2.25. The lowest BCUT2D eigenvalue weighted by Gasteiger charge is -2.34. The van der Waals surface area contributed by atoms with Gasteiger partial charge in [0.05, 0.1) is 11.9 Å². The Labute approximate surface area is 148 Å². The minimum absolute atomic E-state index is 0.0527. The Morgan fingerprint density at radius 1 is 1.08 bits per heavy atom. The van der Waals surface area contributed by atoms with Crippen LogP contribution in [0.15, 0.2) is 45.7 Å². The summed E-state index contributed by atoms with van der Waals surface area (Å²) in [6, 6.07) is 8.61. The van der Waals surface area contributed by atoms with Crippen LogP contribution in [0.5, 0.6) is 0 Å². The molecule has 134 valence electrons. The second-order valence-electron chi connectivity index (χ2n) is 6.27. The molecule has 26 heavy (non-hydrogen) atoms. The van der Waals surface area contributed by atoms with E-state index in [1.54, 1.807) is 34.2 Å². The van der Waals surface area contributed by atoms with Crippen LogP contribution in [-0.2, 0) is 11.2 Å². The number of rotatable bonds is 3. The zero-order chi connectivity index (χ0) is 18.1. The van der Waals surface area contributed by atoms with Gasteiger partial charge < -0.3 is 19.2 Å². The fraction of sp³-hybridized carbons (Fsp3) is 0.278. The quantitative estimate of drug-likeness (QED) is 0.732. The van der Waals surface area contributed by atoms with Crippen molar-refractivity contribution in [2.24, 2.45) is 0 Å². The topological polar surface area (TPSA) is 102 Å². The number of hydrogen-bond donors (Lipinski definition) is 2. The molecule has 0 bridgehead atoms. The Morgan fingerprint density at radius 2 is 1.85 bits per heavy atom. The molecule has 0 aliphatic carbocycles. The van der Waals surface area contributed by atoms with Gasteiger partial charge in [-0.05, 0) is 30.3 Å². The number of oxazole rings is 1. The standard InChI is InChI=1S/C18H18N4O4/c23-16(11-13-2-1-5-19-13)21-6-8-22(9-7-21)17(24)12-3-4-15-14(10-12)20-18(25)26-15/h1-5,10,19H,6-9,11H2,(H,20,25). The van der Waals surface area contributed by atoms with E-state index in [0.29, 0.717) is 49.3 Å². The van der Waals surface area contributed by atoms with Gasteiger partial charge in [-0.15, -0.1) is 0 Å². The van der Waals surface area contributed by atoms with E-state index in [2.05, 4.69) is 9.97 Å². The Hall–Kier alpha value is -3.29. The van der Waals surface area contributed by atoms with E-state index in [0.717, 1.165) is 5.69 Å². The van der Waals surface area contributed by atoms with Crippen molar-refractivity contribution in [1.29, 1.82) is 0 Å². The monoisotopic (exact) mass is 354 g/mol. The van der Waals surface area contributed by atoms with Crippen molar-refractivity contribution in [3.05, 3.63) is 58.3 Å². The van der Waals surface area contributed by atoms with Gasteiger partial charge in [0.25, 0.3) is 5.91 Å². The number of carbonyl (C=O) groups excluding carboxylic acids is 2. The molecule has 8 heteroatoms. The van der Waals surface area contributed by atoms with E-state index in [-0.39, 0.29) is 11.8 Å². The van der Waals surface area contributed by atoms with E-state index in [1.807, 2.05) is 12.1 Å². The zero-order valence-corrected chi connectivity index (χ0v) is 14.0. The van der Waals surface area contributed by atoms with Crippen LogP contribution >= 0.6 is 0 Å². The number of benzene rings is 1. The number of aromatic nitrogens is 2. The van der Waals surface area contributed by atoms with Crippen LogP contribution < -0.4 is 5.76 Å². The van der Waals surface area contributed by atoms with Crippen LogP contribution in [0.4, 0.5) is 0 Å². The molecule has 1 fully saturated rings. The van der Waals surface area contributed by atoms with Crippen LogP contribution in [0.2, 0.25) is 0 Å². The van der Waals surface area contributed by atoms with Gasteiger partial charge in [-0.1, -0.05) is 0 Å². The molecular formula is C18H18N4O4. The van der Waals surface area contributed by atoms with E-state index >= 15 is 0 Å². The number of fused-ring (bicyclic) bond motifs is 1. The molecule has 0 spiro atoms. The van der Waals surface area contributed by atoms with Crippen molar-refractivity contribution in [3.63, 3.8) is 0 Å². The average molecular weight is 354 g/mol. The number of amides is 2. The van der Waals surface area contributed by atoms with Gasteiger partial charge in [0.15, 0.2) is 5.58 Å².